The van der Waals surface area contributed by atoms with Crippen molar-refractivity contribution in [3.05, 3.63) is 60.7 Å². The zero-order chi connectivity index (χ0) is 23.5. The topological polar surface area (TPSA) is 69.9 Å². The third-order valence-electron chi connectivity index (χ3n) is 9.68. The number of aliphatic hydroxyl groups is 3. The van der Waals surface area contributed by atoms with Gasteiger partial charge in [-0.05, 0) is 34.7 Å². The molecule has 0 radical (unpaired) electrons. The highest BCUT2D eigenvalue weighted by atomic mass is 28.4. The molecule has 1 spiro atoms. The van der Waals surface area contributed by atoms with E-state index >= 15 is 0 Å². The Bertz CT molecular complexity index is 950. The molecule has 4 nitrogen and oxygen atoms in total. The molecule has 0 unspecified atom stereocenters. The molecule has 4 aliphatic rings. The molecule has 5 atom stereocenters. The second-order valence-corrected chi connectivity index (χ2v) is 16.0. The first-order valence-electron chi connectivity index (χ1n) is 12.4. The quantitative estimate of drug-likeness (QED) is 0.572. The van der Waals surface area contributed by atoms with Crippen LogP contribution < -0.4 is 10.4 Å². The predicted octanol–water partition coefficient (Wildman–Crippen LogP) is 3.23. The molecule has 2 aromatic carbocycles. The van der Waals surface area contributed by atoms with Gasteiger partial charge in [0.15, 0.2) is 0 Å². The lowest BCUT2D eigenvalue weighted by molar-refractivity contribution is -0.311. The fourth-order valence-corrected chi connectivity index (χ4v) is 12.9. The van der Waals surface area contributed by atoms with Crippen LogP contribution in [0.1, 0.15) is 52.9 Å². The molecule has 3 N–H and O–H groups in total. The zero-order valence-corrected chi connectivity index (χ0v) is 21.1. The second-order valence-electron chi connectivity index (χ2n) is 11.7. The van der Waals surface area contributed by atoms with E-state index < -0.39 is 36.8 Å². The highest BCUT2D eigenvalue weighted by Gasteiger charge is 2.86. The van der Waals surface area contributed by atoms with E-state index in [9.17, 15) is 15.3 Å². The van der Waals surface area contributed by atoms with E-state index in [4.69, 9.17) is 4.43 Å². The summed E-state index contributed by atoms with van der Waals surface area (Å²) < 4.78 is 7.24. The van der Waals surface area contributed by atoms with Crippen molar-refractivity contribution in [1.29, 1.82) is 0 Å². The van der Waals surface area contributed by atoms with Crippen LogP contribution in [0.15, 0.2) is 60.7 Å². The molecule has 4 fully saturated rings. The van der Waals surface area contributed by atoms with Gasteiger partial charge in [-0.3, -0.25) is 0 Å². The Morgan fingerprint density at radius 1 is 0.909 bits per heavy atom. The van der Waals surface area contributed by atoms with E-state index in [1.54, 1.807) is 0 Å². The molecule has 33 heavy (non-hydrogen) atoms. The average Bonchev–Trinajstić information content (AvgIpc) is 3.19. The lowest BCUT2D eigenvalue weighted by atomic mass is 9.36. The van der Waals surface area contributed by atoms with Crippen LogP contribution in [0.3, 0.4) is 0 Å². The van der Waals surface area contributed by atoms with Crippen LogP contribution >= 0.6 is 0 Å². The number of rotatable bonds is 6. The van der Waals surface area contributed by atoms with E-state index in [2.05, 4.69) is 69.3 Å². The summed E-state index contributed by atoms with van der Waals surface area (Å²) in [5.41, 5.74) is -1.63. The fourth-order valence-electron chi connectivity index (χ4n) is 8.26. The molecule has 2 bridgehead atoms. The summed E-state index contributed by atoms with van der Waals surface area (Å²) >= 11 is 0. The first-order valence-corrected chi connectivity index (χ1v) is 14.3. The van der Waals surface area contributed by atoms with Crippen LogP contribution in [0.4, 0.5) is 0 Å². The molecule has 4 saturated carbocycles. The van der Waals surface area contributed by atoms with Crippen molar-refractivity contribution in [1.82, 2.24) is 0 Å². The van der Waals surface area contributed by atoms with E-state index in [-0.39, 0.29) is 11.6 Å². The largest absolute Gasteiger partial charge is 0.407 e. The standard InChI is InChI=1S/C28H38O4Si/c1-25(2,3)33(21-12-6-4-7-13-21,22-14-8-5-9-15-22)32-20-26-18-23(30)28(24(26)31)17-11-10-16-27(26,28)19-29/h4-9,12-15,23-24,29-31H,10-11,16-20H2,1-3H3/t23-,24+,26-,27+,28-/m0/s1. The second kappa shape index (κ2) is 7.75. The first kappa shape index (κ1) is 23.2. The van der Waals surface area contributed by atoms with E-state index in [0.717, 1.165) is 25.7 Å². The van der Waals surface area contributed by atoms with Crippen LogP contribution in [0, 0.1) is 16.2 Å². The highest BCUT2D eigenvalue weighted by molar-refractivity contribution is 6.99. The van der Waals surface area contributed by atoms with E-state index in [0.29, 0.717) is 13.0 Å². The van der Waals surface area contributed by atoms with Crippen LogP contribution in [0.5, 0.6) is 0 Å². The minimum absolute atomic E-state index is 0.00519. The summed E-state index contributed by atoms with van der Waals surface area (Å²) in [6.07, 6.45) is 2.96. The van der Waals surface area contributed by atoms with Crippen LogP contribution in [-0.4, -0.2) is 49.1 Å². The van der Waals surface area contributed by atoms with Crippen molar-refractivity contribution < 1.29 is 19.7 Å². The SMILES string of the molecule is CC(C)(C)[Si](OC[C@]12C[C@H](O)[C@@]3(CCCC[C@@]13CO)[C@@H]2O)(c1ccccc1)c1ccccc1. The summed E-state index contributed by atoms with van der Waals surface area (Å²) in [6, 6.07) is 21.1. The predicted molar refractivity (Wildman–Crippen MR) is 133 cm³/mol. The first-order chi connectivity index (χ1) is 15.7. The summed E-state index contributed by atoms with van der Waals surface area (Å²) in [7, 11) is -2.77. The monoisotopic (exact) mass is 466 g/mol. The van der Waals surface area contributed by atoms with Crippen LogP contribution in [0.25, 0.3) is 0 Å². The number of hydrogen-bond donors (Lipinski definition) is 3. The lowest BCUT2D eigenvalue weighted by Gasteiger charge is -2.70. The molecule has 0 saturated heterocycles. The van der Waals surface area contributed by atoms with Gasteiger partial charge in [-0.2, -0.15) is 0 Å². The summed E-state index contributed by atoms with van der Waals surface area (Å²) in [6.45, 7) is 7.13. The Morgan fingerprint density at radius 2 is 1.45 bits per heavy atom. The van der Waals surface area contributed by atoms with Gasteiger partial charge in [0.2, 0.25) is 0 Å². The summed E-state index contributed by atoms with van der Waals surface area (Å²) in [4.78, 5) is 0. The van der Waals surface area contributed by atoms with Crippen LogP contribution in [-0.2, 0) is 4.43 Å². The Labute approximate surface area is 198 Å². The van der Waals surface area contributed by atoms with Crippen LogP contribution in [0.2, 0.25) is 5.04 Å². The maximum atomic E-state index is 11.6. The number of aliphatic hydroxyl groups excluding tert-OH is 3. The Hall–Kier alpha value is -1.50. The summed E-state index contributed by atoms with van der Waals surface area (Å²) in [5, 5.41) is 35.7. The number of benzene rings is 2. The third-order valence-corrected chi connectivity index (χ3v) is 14.7. The third kappa shape index (κ3) is 2.72. The normalized spacial score (nSPS) is 35.7. The molecule has 0 aliphatic heterocycles. The zero-order valence-electron chi connectivity index (χ0n) is 20.1. The van der Waals surface area contributed by atoms with E-state index in [1.165, 1.54) is 10.4 Å². The minimum Gasteiger partial charge on any atom is -0.407 e. The Balaban J connectivity index is 1.61. The van der Waals surface area contributed by atoms with Crippen molar-refractivity contribution in [2.45, 2.75) is 70.1 Å². The minimum atomic E-state index is -2.77. The molecule has 0 heterocycles. The Morgan fingerprint density at radius 3 is 1.97 bits per heavy atom. The summed E-state index contributed by atoms with van der Waals surface area (Å²) in [5.74, 6) is 0. The number of fused-ring (bicyclic) bond motifs is 1. The Kier molecular flexibility index (Phi) is 5.46. The van der Waals surface area contributed by atoms with Gasteiger partial charge in [-0.15, -0.1) is 0 Å². The maximum absolute atomic E-state index is 11.6. The van der Waals surface area contributed by atoms with Gasteiger partial charge in [-0.1, -0.05) is 94.3 Å². The van der Waals surface area contributed by atoms with Crippen molar-refractivity contribution in [2.75, 3.05) is 13.2 Å². The molecule has 0 aromatic heterocycles. The van der Waals surface area contributed by atoms with Crippen molar-refractivity contribution in [2.24, 2.45) is 16.2 Å². The molecule has 178 valence electrons. The molecule has 2 aromatic rings. The van der Waals surface area contributed by atoms with Gasteiger partial charge in [0, 0.05) is 22.9 Å². The van der Waals surface area contributed by atoms with Crippen molar-refractivity contribution in [3.63, 3.8) is 0 Å². The van der Waals surface area contributed by atoms with Gasteiger partial charge < -0.3 is 19.7 Å². The highest BCUT2D eigenvalue weighted by Crippen LogP contribution is 2.82. The van der Waals surface area contributed by atoms with Gasteiger partial charge in [0.25, 0.3) is 8.32 Å². The average molecular weight is 467 g/mol. The molecule has 5 heteroatoms. The number of hydrogen-bond acceptors (Lipinski definition) is 4. The molecule has 6 rings (SSSR count). The lowest BCUT2D eigenvalue weighted by Crippen LogP contribution is -2.77. The fraction of sp³-hybridized carbons (Fsp3) is 0.571. The van der Waals surface area contributed by atoms with Gasteiger partial charge in [-0.25, -0.2) is 0 Å². The van der Waals surface area contributed by atoms with Gasteiger partial charge in [0.05, 0.1) is 18.8 Å². The molecule has 4 aliphatic carbocycles. The van der Waals surface area contributed by atoms with Gasteiger partial charge in [0.1, 0.15) is 0 Å². The van der Waals surface area contributed by atoms with Gasteiger partial charge >= 0.3 is 0 Å². The maximum Gasteiger partial charge on any atom is 0.261 e. The van der Waals surface area contributed by atoms with E-state index in [1.807, 2.05) is 12.1 Å². The van der Waals surface area contributed by atoms with Crippen molar-refractivity contribution >= 4 is 18.7 Å². The molecular formula is C28H38O4Si. The molecular weight excluding hydrogens is 428 g/mol. The smallest absolute Gasteiger partial charge is 0.261 e. The molecule has 0 amide bonds. The van der Waals surface area contributed by atoms with Crippen molar-refractivity contribution in [3.8, 4) is 0 Å².